The molecule has 5 heteroatoms. The fraction of sp³-hybridized carbons (Fsp3) is 0.286. The average molecular weight is 276 g/mol. The minimum absolute atomic E-state index is 0.0550. The lowest BCUT2D eigenvalue weighted by Crippen LogP contribution is -1.99. The molecule has 2 aromatic rings. The molecule has 0 aliphatic carbocycles. The highest BCUT2D eigenvalue weighted by Gasteiger charge is 2.04. The number of aromatic nitrogens is 1. The maximum Gasteiger partial charge on any atom is 0.140 e. The average Bonchev–Trinajstić information content (AvgIpc) is 2.82. The minimum atomic E-state index is -0.494. The van der Waals surface area contributed by atoms with Crippen LogP contribution >= 0.6 is 11.3 Å². The summed E-state index contributed by atoms with van der Waals surface area (Å²) in [6.07, 6.45) is 0.822. The zero-order valence-electron chi connectivity index (χ0n) is 10.5. The monoisotopic (exact) mass is 276 g/mol. The molecule has 1 heterocycles. The van der Waals surface area contributed by atoms with Gasteiger partial charge in [-0.1, -0.05) is 6.07 Å². The van der Waals surface area contributed by atoms with Gasteiger partial charge in [-0.15, -0.1) is 11.3 Å². The van der Waals surface area contributed by atoms with Gasteiger partial charge in [0.25, 0.3) is 0 Å². The van der Waals surface area contributed by atoms with Crippen LogP contribution in [0.4, 0.5) is 4.39 Å². The van der Waals surface area contributed by atoms with Crippen molar-refractivity contribution >= 4 is 11.3 Å². The molecule has 0 spiro atoms. The Balaban J connectivity index is 1.83. The maximum atomic E-state index is 13.1. The van der Waals surface area contributed by atoms with E-state index in [9.17, 15) is 4.39 Å². The Morgan fingerprint density at radius 3 is 3.00 bits per heavy atom. The maximum absolute atomic E-state index is 13.1. The van der Waals surface area contributed by atoms with Gasteiger partial charge in [-0.3, -0.25) is 0 Å². The Morgan fingerprint density at radius 1 is 1.47 bits per heavy atom. The van der Waals surface area contributed by atoms with Gasteiger partial charge in [0.15, 0.2) is 0 Å². The molecule has 98 valence electrons. The summed E-state index contributed by atoms with van der Waals surface area (Å²) in [4.78, 5) is 5.39. The number of thiazole rings is 1. The number of aryl methyl sites for hydroxylation is 1. The van der Waals surface area contributed by atoms with Gasteiger partial charge in [0.1, 0.15) is 11.9 Å². The molecule has 2 rings (SSSR count). The Kier molecular flexibility index (Phi) is 4.61. The van der Waals surface area contributed by atoms with Crippen LogP contribution in [0.15, 0.2) is 23.7 Å². The van der Waals surface area contributed by atoms with Crippen molar-refractivity contribution in [2.45, 2.75) is 20.0 Å². The number of hydrogen-bond donors (Lipinski definition) is 0. The van der Waals surface area contributed by atoms with Gasteiger partial charge in [-0.25, -0.2) is 9.37 Å². The molecule has 19 heavy (non-hydrogen) atoms. The number of halogens is 1. The van der Waals surface area contributed by atoms with Crippen molar-refractivity contribution < 1.29 is 9.13 Å². The van der Waals surface area contributed by atoms with Crippen molar-refractivity contribution in [2.75, 3.05) is 6.61 Å². The first-order chi connectivity index (χ1) is 9.20. The standard InChI is InChI=1S/C14H13FN2OS/c1-10-14(19-9-17-10)4-5-18-8-11-2-3-13(15)12(6-11)7-16/h2-3,6,9H,4-5,8H2,1H3. The van der Waals surface area contributed by atoms with Crippen molar-refractivity contribution in [1.29, 1.82) is 5.26 Å². The lowest BCUT2D eigenvalue weighted by atomic mass is 10.1. The largest absolute Gasteiger partial charge is 0.376 e. The predicted molar refractivity (Wildman–Crippen MR) is 71.3 cm³/mol. The van der Waals surface area contributed by atoms with Crippen LogP contribution in [0.1, 0.15) is 21.7 Å². The molecule has 0 amide bonds. The summed E-state index contributed by atoms with van der Waals surface area (Å²) in [6, 6.07) is 6.27. The molecule has 0 saturated carbocycles. The van der Waals surface area contributed by atoms with Gasteiger partial charge >= 0.3 is 0 Å². The SMILES string of the molecule is Cc1ncsc1CCOCc1ccc(F)c(C#N)c1. The van der Waals surface area contributed by atoms with E-state index in [0.717, 1.165) is 17.7 Å². The lowest BCUT2D eigenvalue weighted by molar-refractivity contribution is 0.124. The fourth-order valence-electron chi connectivity index (χ4n) is 1.67. The molecule has 3 nitrogen and oxygen atoms in total. The second-order valence-corrected chi connectivity index (χ2v) is 5.03. The molecule has 0 saturated heterocycles. The van der Waals surface area contributed by atoms with Crippen molar-refractivity contribution in [3.8, 4) is 6.07 Å². The number of benzene rings is 1. The van der Waals surface area contributed by atoms with Crippen LogP contribution < -0.4 is 0 Å². The summed E-state index contributed by atoms with van der Waals surface area (Å²) in [7, 11) is 0. The Bertz CT molecular complexity index is 604. The predicted octanol–water partition coefficient (Wildman–Crippen LogP) is 3.22. The molecule has 0 radical (unpaired) electrons. The molecule has 0 atom stereocenters. The Hall–Kier alpha value is -1.77. The third kappa shape index (κ3) is 3.60. The molecular weight excluding hydrogens is 263 g/mol. The van der Waals surface area contributed by atoms with Crippen LogP contribution in [0.5, 0.6) is 0 Å². The van der Waals surface area contributed by atoms with Gasteiger partial charge in [0, 0.05) is 11.3 Å². The van der Waals surface area contributed by atoms with Gasteiger partial charge in [-0.2, -0.15) is 5.26 Å². The molecule has 0 aliphatic rings. The van der Waals surface area contributed by atoms with E-state index in [4.69, 9.17) is 10.00 Å². The first-order valence-electron chi connectivity index (χ1n) is 5.86. The zero-order valence-corrected chi connectivity index (χ0v) is 11.3. The minimum Gasteiger partial charge on any atom is -0.376 e. The van der Waals surface area contributed by atoms with E-state index in [2.05, 4.69) is 4.98 Å². The first kappa shape index (κ1) is 13.7. The highest BCUT2D eigenvalue weighted by atomic mass is 32.1. The summed E-state index contributed by atoms with van der Waals surface area (Å²) in [5.74, 6) is -0.494. The second kappa shape index (κ2) is 6.41. The summed E-state index contributed by atoms with van der Waals surface area (Å²) in [5, 5.41) is 8.73. The van der Waals surface area contributed by atoms with Crippen molar-refractivity contribution in [2.24, 2.45) is 0 Å². The molecule has 0 aliphatic heterocycles. The van der Waals surface area contributed by atoms with Crippen molar-refractivity contribution in [1.82, 2.24) is 4.98 Å². The smallest absolute Gasteiger partial charge is 0.140 e. The molecule has 0 bridgehead atoms. The van der Waals surface area contributed by atoms with Crippen LogP contribution in [0, 0.1) is 24.1 Å². The highest BCUT2D eigenvalue weighted by molar-refractivity contribution is 7.09. The van der Waals surface area contributed by atoms with Gasteiger partial charge in [0.05, 0.1) is 30.0 Å². The van der Waals surface area contributed by atoms with Gasteiger partial charge in [0.2, 0.25) is 0 Å². The number of hydrogen-bond acceptors (Lipinski definition) is 4. The van der Waals surface area contributed by atoms with E-state index in [1.807, 2.05) is 18.5 Å². The van der Waals surface area contributed by atoms with E-state index in [-0.39, 0.29) is 5.56 Å². The molecule has 0 N–H and O–H groups in total. The van der Waals surface area contributed by atoms with Crippen LogP contribution in [-0.4, -0.2) is 11.6 Å². The van der Waals surface area contributed by atoms with E-state index < -0.39 is 5.82 Å². The molecule has 1 aromatic carbocycles. The lowest BCUT2D eigenvalue weighted by Gasteiger charge is -2.04. The summed E-state index contributed by atoms with van der Waals surface area (Å²) in [6.45, 7) is 2.94. The molecular formula is C14H13FN2OS. The van der Waals surface area contributed by atoms with Gasteiger partial charge in [-0.05, 0) is 24.6 Å². The molecule has 0 unspecified atom stereocenters. The number of nitriles is 1. The van der Waals surface area contributed by atoms with E-state index in [1.54, 1.807) is 17.4 Å². The molecule has 1 aromatic heterocycles. The third-order valence-corrected chi connectivity index (χ3v) is 3.73. The van der Waals surface area contributed by atoms with Crippen LogP contribution in [0.3, 0.4) is 0 Å². The third-order valence-electron chi connectivity index (χ3n) is 2.74. The van der Waals surface area contributed by atoms with E-state index in [0.29, 0.717) is 13.2 Å². The van der Waals surface area contributed by atoms with E-state index >= 15 is 0 Å². The topological polar surface area (TPSA) is 45.9 Å². The normalized spacial score (nSPS) is 10.4. The summed E-state index contributed by atoms with van der Waals surface area (Å²) in [5.41, 5.74) is 3.73. The summed E-state index contributed by atoms with van der Waals surface area (Å²) < 4.78 is 18.7. The van der Waals surface area contributed by atoms with Crippen LogP contribution in [0.25, 0.3) is 0 Å². The second-order valence-electron chi connectivity index (χ2n) is 4.09. The van der Waals surface area contributed by atoms with Gasteiger partial charge < -0.3 is 4.74 Å². The fourth-order valence-corrected chi connectivity index (χ4v) is 2.43. The van der Waals surface area contributed by atoms with Crippen LogP contribution in [0.2, 0.25) is 0 Å². The van der Waals surface area contributed by atoms with E-state index in [1.165, 1.54) is 17.0 Å². The van der Waals surface area contributed by atoms with Crippen molar-refractivity contribution in [3.63, 3.8) is 0 Å². The van der Waals surface area contributed by atoms with Crippen molar-refractivity contribution in [3.05, 3.63) is 51.2 Å². The Morgan fingerprint density at radius 2 is 2.32 bits per heavy atom. The summed E-state index contributed by atoms with van der Waals surface area (Å²) >= 11 is 1.62. The number of ether oxygens (including phenoxy) is 1. The quantitative estimate of drug-likeness (QED) is 0.788. The number of rotatable bonds is 5. The van der Waals surface area contributed by atoms with Crippen LogP contribution in [-0.2, 0) is 17.8 Å². The number of nitrogens with zero attached hydrogens (tertiary/aromatic N) is 2. The Labute approximate surface area is 115 Å². The highest BCUT2D eigenvalue weighted by Crippen LogP contribution is 2.14. The first-order valence-corrected chi connectivity index (χ1v) is 6.74. The zero-order chi connectivity index (χ0) is 13.7. The molecule has 0 fully saturated rings.